The lowest BCUT2D eigenvalue weighted by Gasteiger charge is -2.02. The lowest BCUT2D eigenvalue weighted by Crippen LogP contribution is -2.01. The first-order valence-corrected chi connectivity index (χ1v) is 11.1. The second-order valence-corrected chi connectivity index (χ2v) is 7.28. The van der Waals surface area contributed by atoms with Crippen LogP contribution in [0, 0.1) is 11.3 Å². The molecule has 8 nitrogen and oxygen atoms in total. The third kappa shape index (κ3) is 7.59. The van der Waals surface area contributed by atoms with Gasteiger partial charge >= 0.3 is 0 Å². The monoisotopic (exact) mass is 472 g/mol. The summed E-state index contributed by atoms with van der Waals surface area (Å²) in [6, 6.07) is 40.3. The molecule has 36 heavy (non-hydrogen) atoms. The molecule has 0 aliphatic carbocycles. The van der Waals surface area contributed by atoms with Crippen molar-refractivity contribution in [3.8, 4) is 23.0 Å². The largest absolute Gasteiger partial charge is 0.382 e. The van der Waals surface area contributed by atoms with Gasteiger partial charge in [0.05, 0.1) is 18.2 Å². The highest BCUT2D eigenvalue weighted by atomic mass is 15.5. The van der Waals surface area contributed by atoms with Crippen LogP contribution in [-0.2, 0) is 6.42 Å². The van der Waals surface area contributed by atoms with Gasteiger partial charge in [-0.15, -0.1) is 5.10 Å². The Bertz CT molecular complexity index is 1350. The highest BCUT2D eigenvalue weighted by Gasteiger charge is 2.12. The minimum atomic E-state index is 0.515. The molecule has 0 fully saturated rings. The van der Waals surface area contributed by atoms with Crippen LogP contribution in [0.25, 0.3) is 27.4 Å². The fourth-order valence-electron chi connectivity index (χ4n) is 3.08. The van der Waals surface area contributed by atoms with Gasteiger partial charge in [0, 0.05) is 16.2 Å². The molecule has 2 N–H and O–H groups in total. The first-order valence-electron chi connectivity index (χ1n) is 11.1. The molecule has 0 amide bonds. The second kappa shape index (κ2) is 14.0. The van der Waals surface area contributed by atoms with E-state index >= 15 is 0 Å². The number of benzene rings is 4. The van der Waals surface area contributed by atoms with Crippen LogP contribution in [-0.4, -0.2) is 15.0 Å². The Hall–Kier alpha value is -5.38. The molecule has 176 valence electrons. The van der Waals surface area contributed by atoms with E-state index in [0.717, 1.165) is 16.8 Å². The molecule has 0 aliphatic rings. The van der Waals surface area contributed by atoms with Gasteiger partial charge in [-0.3, -0.25) is 0 Å². The Morgan fingerprint density at radius 3 is 1.89 bits per heavy atom. The van der Waals surface area contributed by atoms with Gasteiger partial charge in [-0.05, 0) is 23.2 Å². The predicted octanol–water partition coefficient (Wildman–Crippen LogP) is 6.90. The van der Waals surface area contributed by atoms with Crippen molar-refractivity contribution in [2.24, 2.45) is 5.11 Å². The van der Waals surface area contributed by atoms with Crippen molar-refractivity contribution in [2.45, 2.75) is 6.42 Å². The summed E-state index contributed by atoms with van der Waals surface area (Å²) in [7, 11) is 0. The zero-order valence-electron chi connectivity index (χ0n) is 19.5. The van der Waals surface area contributed by atoms with Crippen LogP contribution in [0.2, 0.25) is 0 Å². The average molecular weight is 473 g/mol. The fraction of sp³-hybridized carbons (Fsp3) is 0.0357. The quantitative estimate of drug-likeness (QED) is 0.173. The van der Waals surface area contributed by atoms with Gasteiger partial charge in [0.1, 0.15) is 5.69 Å². The van der Waals surface area contributed by atoms with Crippen LogP contribution in [0.4, 0.5) is 11.5 Å². The van der Waals surface area contributed by atoms with Gasteiger partial charge in [0.15, 0.2) is 5.82 Å². The van der Waals surface area contributed by atoms with E-state index in [4.69, 9.17) is 16.5 Å². The summed E-state index contributed by atoms with van der Waals surface area (Å²) in [5.41, 5.74) is 18.4. The topological polar surface area (TPSA) is 129 Å². The molecule has 0 saturated carbocycles. The number of nitriles is 1. The third-order valence-corrected chi connectivity index (χ3v) is 4.80. The SMILES string of the molecule is N#CCc1ccccc1.Nc1c(-c2ccccc2)nnn1-c1ccccc1.[N-]=[N+]=Nc1ccccc1. The number of hydrogen-bond acceptors (Lipinski definition) is 5. The molecule has 0 atom stereocenters. The normalized spacial score (nSPS) is 9.31. The number of nitrogens with zero attached hydrogens (tertiary/aromatic N) is 7. The van der Waals surface area contributed by atoms with E-state index in [-0.39, 0.29) is 0 Å². The Morgan fingerprint density at radius 2 is 1.33 bits per heavy atom. The summed E-state index contributed by atoms with van der Waals surface area (Å²) in [6.45, 7) is 0. The van der Waals surface area contributed by atoms with Gasteiger partial charge in [0.2, 0.25) is 0 Å². The maximum absolute atomic E-state index is 8.27. The Morgan fingerprint density at radius 1 is 0.806 bits per heavy atom. The Kier molecular flexibility index (Phi) is 9.82. The summed E-state index contributed by atoms with van der Waals surface area (Å²) < 4.78 is 1.64. The van der Waals surface area contributed by atoms with Gasteiger partial charge in [0.25, 0.3) is 0 Å². The summed E-state index contributed by atoms with van der Waals surface area (Å²) in [4.78, 5) is 2.63. The molecular formula is C28H24N8. The first-order chi connectivity index (χ1) is 17.7. The third-order valence-electron chi connectivity index (χ3n) is 4.80. The van der Waals surface area contributed by atoms with E-state index in [1.54, 1.807) is 16.8 Å². The van der Waals surface area contributed by atoms with E-state index < -0.39 is 0 Å². The average Bonchev–Trinajstić information content (AvgIpc) is 3.33. The first kappa shape index (κ1) is 25.2. The standard InChI is InChI=1S/C14H12N4.C8H7N.C6H5N3/c15-14-13(11-7-3-1-4-8-11)16-17-18(14)12-9-5-2-6-10-12;9-7-6-8-4-2-1-3-5-8;7-9-8-6-4-2-1-3-5-6/h1-10H,15H2;1-5H,6H2;1-5H. The highest BCUT2D eigenvalue weighted by molar-refractivity contribution is 5.70. The second-order valence-electron chi connectivity index (χ2n) is 7.28. The molecular weight excluding hydrogens is 448 g/mol. The zero-order chi connectivity index (χ0) is 25.4. The molecule has 4 aromatic carbocycles. The highest BCUT2D eigenvalue weighted by Crippen LogP contribution is 2.24. The van der Waals surface area contributed by atoms with Gasteiger partial charge in [-0.2, -0.15) is 9.94 Å². The van der Waals surface area contributed by atoms with Gasteiger partial charge < -0.3 is 5.73 Å². The summed E-state index contributed by atoms with van der Waals surface area (Å²) in [6.07, 6.45) is 0.515. The Labute approximate surface area is 209 Å². The molecule has 5 rings (SSSR count). The van der Waals surface area contributed by atoms with Crippen molar-refractivity contribution in [3.63, 3.8) is 0 Å². The van der Waals surface area contributed by atoms with Crippen LogP contribution in [0.1, 0.15) is 5.56 Å². The Balaban J connectivity index is 0.000000169. The van der Waals surface area contributed by atoms with Crippen LogP contribution in [0.15, 0.2) is 126 Å². The molecule has 8 heteroatoms. The molecule has 0 saturated heterocycles. The lowest BCUT2D eigenvalue weighted by atomic mass is 10.1. The number of azide groups is 1. The van der Waals surface area contributed by atoms with Crippen molar-refractivity contribution in [2.75, 3.05) is 5.73 Å². The molecule has 1 heterocycles. The van der Waals surface area contributed by atoms with E-state index in [9.17, 15) is 0 Å². The number of anilines is 1. The summed E-state index contributed by atoms with van der Waals surface area (Å²) >= 11 is 0. The van der Waals surface area contributed by atoms with Gasteiger partial charge in [-0.1, -0.05) is 120 Å². The minimum absolute atomic E-state index is 0.515. The number of nitrogen functional groups attached to an aromatic ring is 1. The van der Waals surface area contributed by atoms with E-state index in [1.165, 1.54) is 0 Å². The molecule has 0 bridgehead atoms. The van der Waals surface area contributed by atoms with Crippen molar-refractivity contribution >= 4 is 11.5 Å². The number of rotatable bonds is 4. The molecule has 0 aliphatic heterocycles. The smallest absolute Gasteiger partial charge is 0.155 e. The van der Waals surface area contributed by atoms with Crippen LogP contribution < -0.4 is 5.73 Å². The molecule has 0 radical (unpaired) electrons. The number of hydrogen-bond donors (Lipinski definition) is 1. The van der Waals surface area contributed by atoms with Crippen LogP contribution in [0.3, 0.4) is 0 Å². The van der Waals surface area contributed by atoms with Crippen molar-refractivity contribution < 1.29 is 0 Å². The minimum Gasteiger partial charge on any atom is -0.382 e. The zero-order valence-corrected chi connectivity index (χ0v) is 19.5. The number of nitrogens with two attached hydrogens (primary N) is 1. The van der Waals surface area contributed by atoms with Crippen LogP contribution >= 0.6 is 0 Å². The number of para-hydroxylation sites is 1. The lowest BCUT2D eigenvalue weighted by molar-refractivity contribution is 0.810. The summed E-state index contributed by atoms with van der Waals surface area (Å²) in [5.74, 6) is 0.549. The van der Waals surface area contributed by atoms with Gasteiger partial charge in [-0.25, -0.2) is 0 Å². The van der Waals surface area contributed by atoms with Crippen molar-refractivity contribution in [1.82, 2.24) is 15.0 Å². The number of aromatic nitrogens is 3. The molecule has 0 spiro atoms. The maximum Gasteiger partial charge on any atom is 0.155 e. The van der Waals surface area contributed by atoms with E-state index in [1.807, 2.05) is 109 Å². The fourth-order valence-corrected chi connectivity index (χ4v) is 3.08. The van der Waals surface area contributed by atoms with Crippen molar-refractivity contribution in [1.29, 1.82) is 5.26 Å². The van der Waals surface area contributed by atoms with E-state index in [2.05, 4.69) is 26.4 Å². The molecule has 1 aromatic heterocycles. The molecule has 5 aromatic rings. The summed E-state index contributed by atoms with van der Waals surface area (Å²) in [5, 5.41) is 19.9. The predicted molar refractivity (Wildman–Crippen MR) is 142 cm³/mol. The maximum atomic E-state index is 8.27. The molecule has 0 unspecified atom stereocenters. The van der Waals surface area contributed by atoms with Crippen LogP contribution in [0.5, 0.6) is 0 Å². The van der Waals surface area contributed by atoms with E-state index in [0.29, 0.717) is 23.6 Å². The van der Waals surface area contributed by atoms with Crippen molar-refractivity contribution in [3.05, 3.63) is 137 Å².